The van der Waals surface area contributed by atoms with Crippen molar-refractivity contribution in [2.45, 2.75) is 45.9 Å². The Kier molecular flexibility index (Phi) is 5.47. The Morgan fingerprint density at radius 1 is 1.41 bits per heavy atom. The predicted molar refractivity (Wildman–Crippen MR) is 88.0 cm³/mol. The van der Waals surface area contributed by atoms with Crippen molar-refractivity contribution in [3.8, 4) is 0 Å². The average molecular weight is 326 g/mol. The quantitative estimate of drug-likeness (QED) is 0.873. The molecule has 1 atom stereocenters. The van der Waals surface area contributed by atoms with Crippen LogP contribution in [-0.4, -0.2) is 31.6 Å². The van der Waals surface area contributed by atoms with E-state index in [1.807, 2.05) is 18.4 Å². The summed E-state index contributed by atoms with van der Waals surface area (Å²) in [6.45, 7) is 10.0. The van der Waals surface area contributed by atoms with Gasteiger partial charge in [0.15, 0.2) is 5.79 Å². The second-order valence-corrected chi connectivity index (χ2v) is 7.77. The van der Waals surface area contributed by atoms with Gasteiger partial charge in [0.2, 0.25) is 0 Å². The maximum absolute atomic E-state index is 12.2. The van der Waals surface area contributed by atoms with Crippen LogP contribution in [0, 0.1) is 5.41 Å². The molecular weight excluding hydrogens is 300 g/mol. The molecule has 0 saturated carbocycles. The first-order valence-electron chi connectivity index (χ1n) is 7.66. The van der Waals surface area contributed by atoms with Gasteiger partial charge in [0, 0.05) is 17.8 Å². The lowest BCUT2D eigenvalue weighted by Gasteiger charge is -2.31. The maximum atomic E-state index is 12.2. The molecular formula is C16H26N2O3S. The Morgan fingerprint density at radius 3 is 2.64 bits per heavy atom. The minimum Gasteiger partial charge on any atom is -0.348 e. The Morgan fingerprint density at radius 2 is 2.09 bits per heavy atom. The first kappa shape index (κ1) is 17.2. The van der Waals surface area contributed by atoms with E-state index in [2.05, 4.69) is 37.5 Å². The Hall–Kier alpha value is -1.11. The predicted octanol–water partition coefficient (Wildman–Crippen LogP) is 3.29. The second-order valence-electron chi connectivity index (χ2n) is 6.80. The molecule has 1 saturated heterocycles. The zero-order valence-corrected chi connectivity index (χ0v) is 14.6. The Balaban J connectivity index is 1.84. The van der Waals surface area contributed by atoms with E-state index < -0.39 is 5.79 Å². The molecule has 1 aromatic heterocycles. The van der Waals surface area contributed by atoms with Gasteiger partial charge in [-0.15, -0.1) is 11.3 Å². The van der Waals surface area contributed by atoms with Crippen LogP contribution in [0.5, 0.6) is 0 Å². The van der Waals surface area contributed by atoms with E-state index in [4.69, 9.17) is 9.47 Å². The van der Waals surface area contributed by atoms with Gasteiger partial charge in [0.05, 0.1) is 19.3 Å². The third-order valence-corrected chi connectivity index (χ3v) is 4.67. The summed E-state index contributed by atoms with van der Waals surface area (Å²) in [6, 6.07) is 3.90. The van der Waals surface area contributed by atoms with E-state index in [0.717, 1.165) is 4.88 Å². The molecule has 2 amide bonds. The molecule has 2 rings (SSSR count). The zero-order valence-electron chi connectivity index (χ0n) is 13.8. The fraction of sp³-hybridized carbons (Fsp3) is 0.688. The van der Waals surface area contributed by atoms with Crippen molar-refractivity contribution in [3.05, 3.63) is 22.4 Å². The van der Waals surface area contributed by atoms with Crippen LogP contribution in [0.15, 0.2) is 17.5 Å². The average Bonchev–Trinajstić information content (AvgIpc) is 3.06. The van der Waals surface area contributed by atoms with Gasteiger partial charge in [-0.2, -0.15) is 0 Å². The number of carbonyl (C=O) groups is 1. The van der Waals surface area contributed by atoms with E-state index in [1.54, 1.807) is 11.3 Å². The van der Waals surface area contributed by atoms with Crippen LogP contribution in [0.1, 0.15) is 45.0 Å². The van der Waals surface area contributed by atoms with Crippen LogP contribution in [0.2, 0.25) is 0 Å². The lowest BCUT2D eigenvalue weighted by Crippen LogP contribution is -2.43. The number of amides is 2. The number of rotatable bonds is 5. The van der Waals surface area contributed by atoms with Gasteiger partial charge in [-0.3, -0.25) is 0 Å². The fourth-order valence-corrected chi connectivity index (χ4v) is 3.48. The van der Waals surface area contributed by atoms with Gasteiger partial charge in [-0.25, -0.2) is 4.79 Å². The summed E-state index contributed by atoms with van der Waals surface area (Å²) in [5, 5.41) is 8.00. The number of urea groups is 1. The highest BCUT2D eigenvalue weighted by molar-refractivity contribution is 7.10. The summed E-state index contributed by atoms with van der Waals surface area (Å²) < 4.78 is 11.0. The van der Waals surface area contributed by atoms with Crippen LogP contribution in [0.25, 0.3) is 0 Å². The Bertz CT molecular complexity index is 476. The smallest absolute Gasteiger partial charge is 0.315 e. The van der Waals surface area contributed by atoms with Crippen molar-refractivity contribution in [1.29, 1.82) is 0 Å². The highest BCUT2D eigenvalue weighted by Crippen LogP contribution is 2.35. The molecule has 2 N–H and O–H groups in total. The van der Waals surface area contributed by atoms with E-state index in [-0.39, 0.29) is 17.5 Å². The molecule has 1 aliphatic rings. The van der Waals surface area contributed by atoms with Crippen molar-refractivity contribution in [2.75, 3.05) is 19.8 Å². The number of hydrogen-bond acceptors (Lipinski definition) is 4. The van der Waals surface area contributed by atoms with Gasteiger partial charge in [-0.1, -0.05) is 26.8 Å². The van der Waals surface area contributed by atoms with Gasteiger partial charge in [0.1, 0.15) is 0 Å². The molecule has 2 heterocycles. The fourth-order valence-electron chi connectivity index (χ4n) is 2.46. The third kappa shape index (κ3) is 4.69. The normalized spacial score (nSPS) is 18.9. The molecule has 5 nitrogen and oxygen atoms in total. The molecule has 0 aliphatic carbocycles. The van der Waals surface area contributed by atoms with Gasteiger partial charge >= 0.3 is 6.03 Å². The van der Waals surface area contributed by atoms with Crippen LogP contribution >= 0.6 is 11.3 Å². The number of hydrogen-bond donors (Lipinski definition) is 2. The number of ether oxygens (including phenoxy) is 2. The molecule has 1 unspecified atom stereocenters. The standard InChI is InChI=1S/C16H26N2O3S/c1-15(2,3)13(12-6-5-11-22-12)18-14(19)17-8-7-16(4)20-9-10-21-16/h5-6,11,13H,7-10H2,1-4H3,(H2,17,18,19). The highest BCUT2D eigenvalue weighted by Gasteiger charge is 2.31. The first-order valence-corrected chi connectivity index (χ1v) is 8.54. The molecule has 22 heavy (non-hydrogen) atoms. The summed E-state index contributed by atoms with van der Waals surface area (Å²) in [6.07, 6.45) is 0.638. The summed E-state index contributed by atoms with van der Waals surface area (Å²) in [4.78, 5) is 13.3. The van der Waals surface area contributed by atoms with Crippen molar-refractivity contribution in [1.82, 2.24) is 10.6 Å². The summed E-state index contributed by atoms with van der Waals surface area (Å²) >= 11 is 1.66. The summed E-state index contributed by atoms with van der Waals surface area (Å²) in [5.74, 6) is -0.565. The largest absolute Gasteiger partial charge is 0.348 e. The molecule has 0 radical (unpaired) electrons. The van der Waals surface area contributed by atoms with E-state index in [0.29, 0.717) is 26.2 Å². The van der Waals surface area contributed by atoms with Gasteiger partial charge in [0.25, 0.3) is 0 Å². The third-order valence-electron chi connectivity index (χ3n) is 3.73. The maximum Gasteiger partial charge on any atom is 0.315 e. The molecule has 0 bridgehead atoms. The number of carbonyl (C=O) groups excluding carboxylic acids is 1. The lowest BCUT2D eigenvalue weighted by molar-refractivity contribution is -0.145. The monoisotopic (exact) mass is 326 g/mol. The molecule has 1 fully saturated rings. The Labute approximate surface area is 136 Å². The van der Waals surface area contributed by atoms with Crippen molar-refractivity contribution in [3.63, 3.8) is 0 Å². The van der Waals surface area contributed by atoms with Crippen LogP contribution < -0.4 is 10.6 Å². The zero-order chi connectivity index (χ0) is 16.2. The summed E-state index contributed by atoms with van der Waals surface area (Å²) in [7, 11) is 0. The van der Waals surface area contributed by atoms with Crippen LogP contribution in [0.4, 0.5) is 4.79 Å². The SMILES string of the molecule is CC1(CCNC(=O)NC(c2cccs2)C(C)(C)C)OCCO1. The topological polar surface area (TPSA) is 59.6 Å². The molecule has 1 aromatic rings. The van der Waals surface area contributed by atoms with Gasteiger partial charge < -0.3 is 20.1 Å². The van der Waals surface area contributed by atoms with Gasteiger partial charge in [-0.05, 0) is 23.8 Å². The minimum atomic E-state index is -0.565. The molecule has 6 heteroatoms. The minimum absolute atomic E-state index is 0.0120. The van der Waals surface area contributed by atoms with Crippen LogP contribution in [-0.2, 0) is 9.47 Å². The van der Waals surface area contributed by atoms with E-state index in [1.165, 1.54) is 0 Å². The molecule has 1 aliphatic heterocycles. The lowest BCUT2D eigenvalue weighted by atomic mass is 9.86. The first-order chi connectivity index (χ1) is 10.3. The summed E-state index contributed by atoms with van der Waals surface area (Å²) in [5.41, 5.74) is -0.0498. The van der Waals surface area contributed by atoms with Crippen LogP contribution in [0.3, 0.4) is 0 Å². The van der Waals surface area contributed by atoms with E-state index in [9.17, 15) is 4.79 Å². The highest BCUT2D eigenvalue weighted by atomic mass is 32.1. The van der Waals surface area contributed by atoms with Crippen molar-refractivity contribution >= 4 is 17.4 Å². The number of nitrogens with one attached hydrogen (secondary N) is 2. The molecule has 0 spiro atoms. The van der Waals surface area contributed by atoms with E-state index >= 15 is 0 Å². The number of thiophene rings is 1. The van der Waals surface area contributed by atoms with Crippen molar-refractivity contribution < 1.29 is 14.3 Å². The second kappa shape index (κ2) is 6.98. The molecule has 124 valence electrons. The van der Waals surface area contributed by atoms with Crippen molar-refractivity contribution in [2.24, 2.45) is 5.41 Å². The molecule has 0 aromatic carbocycles.